The Morgan fingerprint density at radius 2 is 2.15 bits per heavy atom. The predicted molar refractivity (Wildman–Crippen MR) is 69.8 cm³/mol. The standard InChI is InChI=1S/C12H15N5O3/c1-8-7-10(16-20-8)15-12(19)11(18)14-4-6-17-5-3-13-9(17)2/h3,5,7H,4,6H2,1-2H3,(H,14,18)(H,15,16,19). The predicted octanol–water partition coefficient (Wildman–Crippen LogP) is 0.243. The van der Waals surface area contributed by atoms with E-state index >= 15 is 0 Å². The van der Waals surface area contributed by atoms with Crippen molar-refractivity contribution in [2.24, 2.45) is 0 Å². The lowest BCUT2D eigenvalue weighted by Gasteiger charge is -2.06. The van der Waals surface area contributed by atoms with Gasteiger partial charge >= 0.3 is 11.8 Å². The monoisotopic (exact) mass is 277 g/mol. The molecule has 2 heterocycles. The average molecular weight is 277 g/mol. The van der Waals surface area contributed by atoms with E-state index in [-0.39, 0.29) is 5.82 Å². The molecule has 20 heavy (non-hydrogen) atoms. The summed E-state index contributed by atoms with van der Waals surface area (Å²) < 4.78 is 6.66. The molecule has 8 nitrogen and oxygen atoms in total. The molecule has 0 aliphatic rings. The molecular weight excluding hydrogens is 262 g/mol. The van der Waals surface area contributed by atoms with Crippen LogP contribution in [0.25, 0.3) is 0 Å². The highest BCUT2D eigenvalue weighted by Crippen LogP contribution is 2.06. The molecule has 0 aliphatic carbocycles. The third-order valence-corrected chi connectivity index (χ3v) is 2.64. The highest BCUT2D eigenvalue weighted by molar-refractivity contribution is 6.39. The highest BCUT2D eigenvalue weighted by atomic mass is 16.5. The van der Waals surface area contributed by atoms with E-state index in [2.05, 4.69) is 20.8 Å². The molecule has 0 radical (unpaired) electrons. The number of amides is 2. The quantitative estimate of drug-likeness (QED) is 0.779. The van der Waals surface area contributed by atoms with Gasteiger partial charge in [0, 0.05) is 31.5 Å². The Kier molecular flexibility index (Phi) is 4.14. The average Bonchev–Trinajstić information content (AvgIpc) is 2.99. The van der Waals surface area contributed by atoms with E-state index in [0.717, 1.165) is 5.82 Å². The van der Waals surface area contributed by atoms with Crippen LogP contribution in [-0.4, -0.2) is 33.1 Å². The fourth-order valence-electron chi connectivity index (χ4n) is 1.61. The Hall–Kier alpha value is -2.64. The number of nitrogens with zero attached hydrogens (tertiary/aromatic N) is 3. The molecule has 0 saturated carbocycles. The van der Waals surface area contributed by atoms with Crippen molar-refractivity contribution in [1.29, 1.82) is 0 Å². The Morgan fingerprint density at radius 1 is 1.35 bits per heavy atom. The first-order valence-electron chi connectivity index (χ1n) is 6.06. The third-order valence-electron chi connectivity index (χ3n) is 2.64. The molecule has 0 saturated heterocycles. The summed E-state index contributed by atoms with van der Waals surface area (Å²) in [5, 5.41) is 8.43. The fraction of sp³-hybridized carbons (Fsp3) is 0.333. The number of imidazole rings is 1. The maximum absolute atomic E-state index is 11.6. The maximum atomic E-state index is 11.6. The second-order valence-electron chi connectivity index (χ2n) is 4.20. The molecule has 2 N–H and O–H groups in total. The van der Waals surface area contributed by atoms with Crippen LogP contribution in [0.3, 0.4) is 0 Å². The minimum absolute atomic E-state index is 0.216. The van der Waals surface area contributed by atoms with E-state index in [1.165, 1.54) is 6.07 Å². The third kappa shape index (κ3) is 3.44. The lowest BCUT2D eigenvalue weighted by molar-refractivity contribution is -0.136. The maximum Gasteiger partial charge on any atom is 0.314 e. The van der Waals surface area contributed by atoms with Crippen molar-refractivity contribution in [3.63, 3.8) is 0 Å². The second kappa shape index (κ2) is 6.00. The van der Waals surface area contributed by atoms with Crippen molar-refractivity contribution in [2.45, 2.75) is 20.4 Å². The zero-order chi connectivity index (χ0) is 14.5. The van der Waals surface area contributed by atoms with Crippen molar-refractivity contribution in [3.05, 3.63) is 30.0 Å². The molecule has 8 heteroatoms. The van der Waals surface area contributed by atoms with Crippen LogP contribution in [0.4, 0.5) is 5.82 Å². The van der Waals surface area contributed by atoms with Gasteiger partial charge in [0.05, 0.1) is 0 Å². The fourth-order valence-corrected chi connectivity index (χ4v) is 1.61. The SMILES string of the molecule is Cc1cc(NC(=O)C(=O)NCCn2ccnc2C)no1. The number of aryl methyl sites for hydroxylation is 2. The summed E-state index contributed by atoms with van der Waals surface area (Å²) in [6.07, 6.45) is 3.48. The summed E-state index contributed by atoms with van der Waals surface area (Å²) in [4.78, 5) is 27.2. The van der Waals surface area contributed by atoms with Gasteiger partial charge in [-0.2, -0.15) is 0 Å². The minimum Gasteiger partial charge on any atom is -0.360 e. The summed E-state index contributed by atoms with van der Waals surface area (Å²) >= 11 is 0. The normalized spacial score (nSPS) is 10.3. The van der Waals surface area contributed by atoms with Crippen molar-refractivity contribution in [1.82, 2.24) is 20.0 Å². The van der Waals surface area contributed by atoms with Crippen LogP contribution < -0.4 is 10.6 Å². The van der Waals surface area contributed by atoms with Gasteiger partial charge in [0.1, 0.15) is 11.6 Å². The zero-order valence-electron chi connectivity index (χ0n) is 11.2. The summed E-state index contributed by atoms with van der Waals surface area (Å²) in [5.74, 6) is 0.121. The summed E-state index contributed by atoms with van der Waals surface area (Å²) in [6.45, 7) is 4.44. The molecule has 106 valence electrons. The highest BCUT2D eigenvalue weighted by Gasteiger charge is 2.14. The molecular formula is C12H15N5O3. The lowest BCUT2D eigenvalue weighted by atomic mass is 10.4. The smallest absolute Gasteiger partial charge is 0.314 e. The van der Waals surface area contributed by atoms with Gasteiger partial charge in [0.2, 0.25) is 0 Å². The lowest BCUT2D eigenvalue weighted by Crippen LogP contribution is -2.37. The second-order valence-corrected chi connectivity index (χ2v) is 4.20. The molecule has 2 amide bonds. The minimum atomic E-state index is -0.777. The van der Waals surface area contributed by atoms with Crippen LogP contribution in [0.5, 0.6) is 0 Å². The molecule has 0 atom stereocenters. The summed E-state index contributed by atoms with van der Waals surface area (Å²) in [6, 6.07) is 1.53. The number of aromatic nitrogens is 3. The molecule has 0 aliphatic heterocycles. The number of hydrogen-bond acceptors (Lipinski definition) is 5. The van der Waals surface area contributed by atoms with E-state index in [1.54, 1.807) is 19.3 Å². The van der Waals surface area contributed by atoms with Gasteiger partial charge in [-0.1, -0.05) is 5.16 Å². The molecule has 0 fully saturated rings. The molecule has 0 aromatic carbocycles. The van der Waals surface area contributed by atoms with Gasteiger partial charge in [-0.05, 0) is 13.8 Å². The zero-order valence-corrected chi connectivity index (χ0v) is 11.2. The number of nitrogens with one attached hydrogen (secondary N) is 2. The Bertz CT molecular complexity index is 616. The van der Waals surface area contributed by atoms with E-state index in [4.69, 9.17) is 4.52 Å². The van der Waals surface area contributed by atoms with Gasteiger partial charge < -0.3 is 14.4 Å². The Balaban J connectivity index is 1.77. The van der Waals surface area contributed by atoms with Crippen LogP contribution >= 0.6 is 0 Å². The molecule has 2 aromatic heterocycles. The van der Waals surface area contributed by atoms with E-state index < -0.39 is 11.8 Å². The van der Waals surface area contributed by atoms with Crippen molar-refractivity contribution in [3.8, 4) is 0 Å². The van der Waals surface area contributed by atoms with Crippen molar-refractivity contribution in [2.75, 3.05) is 11.9 Å². The summed E-state index contributed by atoms with van der Waals surface area (Å²) in [7, 11) is 0. The Morgan fingerprint density at radius 3 is 2.75 bits per heavy atom. The van der Waals surface area contributed by atoms with E-state index in [0.29, 0.717) is 18.8 Å². The van der Waals surface area contributed by atoms with Crippen LogP contribution in [0.2, 0.25) is 0 Å². The molecule has 2 aromatic rings. The van der Waals surface area contributed by atoms with Crippen LogP contribution in [0.1, 0.15) is 11.6 Å². The van der Waals surface area contributed by atoms with E-state index in [9.17, 15) is 9.59 Å². The van der Waals surface area contributed by atoms with Gasteiger partial charge in [0.25, 0.3) is 0 Å². The summed E-state index contributed by atoms with van der Waals surface area (Å²) in [5.41, 5.74) is 0. The molecule has 0 unspecified atom stereocenters. The number of hydrogen-bond donors (Lipinski definition) is 2. The molecule has 0 spiro atoms. The van der Waals surface area contributed by atoms with Gasteiger partial charge in [-0.25, -0.2) is 4.98 Å². The van der Waals surface area contributed by atoms with E-state index in [1.807, 2.05) is 11.5 Å². The first kappa shape index (κ1) is 13.8. The van der Waals surface area contributed by atoms with Crippen molar-refractivity contribution >= 4 is 17.6 Å². The first-order chi connectivity index (χ1) is 9.56. The first-order valence-corrected chi connectivity index (χ1v) is 6.06. The largest absolute Gasteiger partial charge is 0.360 e. The van der Waals surface area contributed by atoms with Gasteiger partial charge in [-0.15, -0.1) is 0 Å². The van der Waals surface area contributed by atoms with Crippen LogP contribution in [0.15, 0.2) is 23.0 Å². The number of rotatable bonds is 4. The topological polar surface area (TPSA) is 102 Å². The van der Waals surface area contributed by atoms with Crippen LogP contribution in [-0.2, 0) is 16.1 Å². The number of carbonyl (C=O) groups excluding carboxylic acids is 2. The van der Waals surface area contributed by atoms with Gasteiger partial charge in [0.15, 0.2) is 5.82 Å². The molecule has 2 rings (SSSR count). The Labute approximate surface area is 115 Å². The van der Waals surface area contributed by atoms with Gasteiger partial charge in [-0.3, -0.25) is 14.9 Å². The van der Waals surface area contributed by atoms with Crippen molar-refractivity contribution < 1.29 is 14.1 Å². The number of anilines is 1. The number of carbonyl (C=O) groups is 2. The molecule has 0 bridgehead atoms. The van der Waals surface area contributed by atoms with Crippen LogP contribution in [0, 0.1) is 13.8 Å².